The van der Waals surface area contributed by atoms with Crippen LogP contribution in [0.2, 0.25) is 0 Å². The van der Waals surface area contributed by atoms with Crippen LogP contribution in [0.1, 0.15) is 25.0 Å². The number of hydrogen-bond donors (Lipinski definition) is 0. The first kappa shape index (κ1) is 24.1. The summed E-state index contributed by atoms with van der Waals surface area (Å²) >= 11 is 0. The molecule has 0 amide bonds. The van der Waals surface area contributed by atoms with E-state index in [-0.39, 0.29) is 5.41 Å². The Balaban J connectivity index is 1.09. The molecule has 0 fully saturated rings. The first-order valence-corrected chi connectivity index (χ1v) is 15.4. The van der Waals surface area contributed by atoms with Gasteiger partial charge in [0.15, 0.2) is 0 Å². The molecule has 0 atom stereocenters. The molecule has 0 unspecified atom stereocenters. The van der Waals surface area contributed by atoms with Crippen molar-refractivity contribution in [2.75, 3.05) is 0 Å². The van der Waals surface area contributed by atoms with Crippen molar-refractivity contribution >= 4 is 32.7 Å². The molecule has 0 bridgehead atoms. The molecular weight excluding hydrogens is 532 g/mol. The Morgan fingerprint density at radius 2 is 0.955 bits per heavy atom. The maximum atomic E-state index is 6.34. The van der Waals surface area contributed by atoms with Crippen LogP contribution in [-0.4, -0.2) is 0 Å². The Hall–Kier alpha value is -5.40. The zero-order valence-corrected chi connectivity index (χ0v) is 24.6. The molecule has 2 aliphatic carbocycles. The fourth-order valence-corrected chi connectivity index (χ4v) is 7.99. The van der Waals surface area contributed by atoms with Gasteiger partial charge in [-0.3, -0.25) is 0 Å². The zero-order chi connectivity index (χ0) is 29.2. The first-order chi connectivity index (χ1) is 21.5. The summed E-state index contributed by atoms with van der Waals surface area (Å²) in [6.45, 7) is 4.68. The van der Waals surface area contributed by atoms with Crippen molar-refractivity contribution in [2.24, 2.45) is 0 Å². The van der Waals surface area contributed by atoms with Gasteiger partial charge in [0.2, 0.25) is 0 Å². The van der Waals surface area contributed by atoms with E-state index in [0.717, 1.165) is 21.9 Å². The fourth-order valence-electron chi connectivity index (χ4n) is 7.99. The van der Waals surface area contributed by atoms with Gasteiger partial charge in [0.05, 0.1) is 0 Å². The molecule has 0 saturated carbocycles. The smallest absolute Gasteiger partial charge is 0.135 e. The highest BCUT2D eigenvalue weighted by Crippen LogP contribution is 2.50. The van der Waals surface area contributed by atoms with Crippen LogP contribution in [0.3, 0.4) is 0 Å². The fraction of sp³-hybridized carbons (Fsp3) is 0.0698. The lowest BCUT2D eigenvalue weighted by molar-refractivity contribution is 0.660. The Morgan fingerprint density at radius 3 is 1.68 bits per heavy atom. The summed E-state index contributed by atoms with van der Waals surface area (Å²) in [4.78, 5) is 0. The van der Waals surface area contributed by atoms with Crippen molar-refractivity contribution in [1.82, 2.24) is 0 Å². The van der Waals surface area contributed by atoms with Crippen LogP contribution >= 0.6 is 0 Å². The van der Waals surface area contributed by atoms with Gasteiger partial charge in [-0.25, -0.2) is 0 Å². The van der Waals surface area contributed by atoms with Crippen LogP contribution in [0.25, 0.3) is 88.3 Å². The molecule has 44 heavy (non-hydrogen) atoms. The summed E-state index contributed by atoms with van der Waals surface area (Å²) in [7, 11) is 0. The third-order valence-electron chi connectivity index (χ3n) is 10.2. The van der Waals surface area contributed by atoms with Crippen LogP contribution in [-0.2, 0) is 5.41 Å². The average molecular weight is 561 g/mol. The van der Waals surface area contributed by atoms with Crippen LogP contribution in [0, 0.1) is 0 Å². The van der Waals surface area contributed by atoms with E-state index in [4.69, 9.17) is 4.42 Å². The van der Waals surface area contributed by atoms with E-state index >= 15 is 0 Å². The summed E-state index contributed by atoms with van der Waals surface area (Å²) in [6.07, 6.45) is 0. The molecular formula is C43H28O. The minimum absolute atomic E-state index is 0.0218. The summed E-state index contributed by atoms with van der Waals surface area (Å²) < 4.78 is 6.34. The molecule has 0 radical (unpaired) electrons. The lowest BCUT2D eigenvalue weighted by atomic mass is 9.81. The minimum atomic E-state index is -0.0218. The predicted molar refractivity (Wildman–Crippen MR) is 184 cm³/mol. The summed E-state index contributed by atoms with van der Waals surface area (Å²) in [5.74, 6) is 0. The van der Waals surface area contributed by atoms with Crippen LogP contribution in [0.4, 0.5) is 0 Å². The molecule has 8 aromatic rings. The van der Waals surface area contributed by atoms with Gasteiger partial charge in [0.25, 0.3) is 0 Å². The van der Waals surface area contributed by atoms with E-state index in [1.165, 1.54) is 77.5 Å². The quantitative estimate of drug-likeness (QED) is 0.205. The second-order valence-electron chi connectivity index (χ2n) is 12.9. The van der Waals surface area contributed by atoms with Gasteiger partial charge in [-0.05, 0) is 114 Å². The lowest BCUT2D eigenvalue weighted by Crippen LogP contribution is -2.14. The Labute approximate surface area is 256 Å². The highest BCUT2D eigenvalue weighted by molar-refractivity contribution is 6.16. The van der Waals surface area contributed by atoms with Gasteiger partial charge in [-0.15, -0.1) is 0 Å². The Kier molecular flexibility index (Phi) is 4.58. The highest BCUT2D eigenvalue weighted by Gasteiger charge is 2.35. The average Bonchev–Trinajstić information content (AvgIpc) is 3.67. The SMILES string of the molecule is CC1(C)c2ccccc2-c2ccc(-c3ccc4oc5ccc(-c6ccc7c(c6)-c6cccc8cccc-7c68)cc5c4c3)cc21. The molecule has 0 N–H and O–H groups in total. The maximum Gasteiger partial charge on any atom is 0.135 e. The maximum absolute atomic E-state index is 6.34. The lowest BCUT2D eigenvalue weighted by Gasteiger charge is -2.22. The topological polar surface area (TPSA) is 13.1 Å². The molecule has 0 saturated heterocycles. The summed E-state index contributed by atoms with van der Waals surface area (Å²) in [6, 6.07) is 49.3. The molecule has 206 valence electrons. The van der Waals surface area contributed by atoms with Crippen molar-refractivity contribution in [2.45, 2.75) is 19.3 Å². The molecule has 1 heterocycles. The standard InChI is InChI=1S/C43H28O/c1-43(2)38-12-4-3-9-31(38)32-18-14-29(24-39(32)43)28-16-20-41-37(23-28)36-22-27(15-19-40(36)44-41)26-13-17-30-33-10-5-7-25-8-6-11-34(42(25)33)35(30)21-26/h3-24H,1-2H3. The molecule has 0 spiro atoms. The van der Waals surface area contributed by atoms with Gasteiger partial charge in [0, 0.05) is 16.2 Å². The van der Waals surface area contributed by atoms with E-state index < -0.39 is 0 Å². The monoisotopic (exact) mass is 560 g/mol. The number of benzene rings is 7. The molecule has 1 aromatic heterocycles. The van der Waals surface area contributed by atoms with Gasteiger partial charge in [-0.1, -0.05) is 111 Å². The van der Waals surface area contributed by atoms with Gasteiger partial charge >= 0.3 is 0 Å². The zero-order valence-electron chi connectivity index (χ0n) is 24.6. The van der Waals surface area contributed by atoms with Crippen molar-refractivity contribution < 1.29 is 4.42 Å². The molecule has 1 nitrogen and oxygen atoms in total. The van der Waals surface area contributed by atoms with Gasteiger partial charge in [-0.2, -0.15) is 0 Å². The van der Waals surface area contributed by atoms with Crippen LogP contribution in [0.15, 0.2) is 138 Å². The third kappa shape index (κ3) is 3.14. The number of fused-ring (bicyclic) bond motifs is 9. The number of furan rings is 1. The summed E-state index contributed by atoms with van der Waals surface area (Å²) in [5.41, 5.74) is 17.5. The van der Waals surface area contributed by atoms with E-state index in [2.05, 4.69) is 147 Å². The highest BCUT2D eigenvalue weighted by atomic mass is 16.3. The van der Waals surface area contributed by atoms with E-state index in [9.17, 15) is 0 Å². The van der Waals surface area contributed by atoms with Crippen molar-refractivity contribution in [1.29, 1.82) is 0 Å². The Morgan fingerprint density at radius 1 is 0.409 bits per heavy atom. The van der Waals surface area contributed by atoms with Crippen LogP contribution < -0.4 is 0 Å². The second-order valence-corrected chi connectivity index (χ2v) is 12.9. The van der Waals surface area contributed by atoms with Crippen molar-refractivity contribution in [3.63, 3.8) is 0 Å². The Bertz CT molecular complexity index is 2520. The first-order valence-electron chi connectivity index (χ1n) is 15.4. The van der Waals surface area contributed by atoms with Crippen LogP contribution in [0.5, 0.6) is 0 Å². The largest absolute Gasteiger partial charge is 0.456 e. The predicted octanol–water partition coefficient (Wildman–Crippen LogP) is 12.0. The van der Waals surface area contributed by atoms with E-state index in [0.29, 0.717) is 0 Å². The summed E-state index contributed by atoms with van der Waals surface area (Å²) in [5, 5.41) is 4.97. The number of rotatable bonds is 2. The van der Waals surface area contributed by atoms with E-state index in [1.807, 2.05) is 0 Å². The van der Waals surface area contributed by atoms with Gasteiger partial charge < -0.3 is 4.42 Å². The van der Waals surface area contributed by atoms with Crippen molar-refractivity contribution in [3.8, 4) is 55.6 Å². The van der Waals surface area contributed by atoms with Crippen molar-refractivity contribution in [3.05, 3.63) is 145 Å². The van der Waals surface area contributed by atoms with Gasteiger partial charge in [0.1, 0.15) is 11.2 Å². The molecule has 10 rings (SSSR count). The normalized spacial score (nSPS) is 13.9. The number of hydrogen-bond acceptors (Lipinski definition) is 1. The molecule has 0 aliphatic heterocycles. The molecule has 1 heteroatoms. The van der Waals surface area contributed by atoms with E-state index in [1.54, 1.807) is 0 Å². The minimum Gasteiger partial charge on any atom is -0.456 e. The third-order valence-corrected chi connectivity index (χ3v) is 10.2. The molecule has 7 aromatic carbocycles. The second kappa shape index (κ2) is 8.36. The molecule has 2 aliphatic rings.